The molecule has 3 aromatic rings. The van der Waals surface area contributed by atoms with Crippen LogP contribution in [-0.4, -0.2) is 21.3 Å². The van der Waals surface area contributed by atoms with Gasteiger partial charge in [-0.25, -0.2) is 4.79 Å². The standard InChI is InChI=1S/C20H10Cl2O6/c21-12-5-11-18(16(22)17(12)25)27-15-7-14(24)13(23)6-10(15)20(11)9-4-2-1-3-8(9)19(26)28-20/h1-7,23-25H. The lowest BCUT2D eigenvalue weighted by Gasteiger charge is -2.37. The van der Waals surface area contributed by atoms with Gasteiger partial charge in [0.05, 0.1) is 21.7 Å². The maximum absolute atomic E-state index is 12.7. The van der Waals surface area contributed by atoms with Gasteiger partial charge in [0.1, 0.15) is 10.8 Å². The molecular formula is C20H10Cl2O6. The molecule has 0 aliphatic carbocycles. The topological polar surface area (TPSA) is 96.2 Å². The van der Waals surface area contributed by atoms with Crippen molar-refractivity contribution in [2.75, 3.05) is 0 Å². The molecule has 3 N–H and O–H groups in total. The minimum Gasteiger partial charge on any atom is -0.505 e. The Hall–Kier alpha value is -3.09. The molecule has 2 aliphatic rings. The van der Waals surface area contributed by atoms with Gasteiger partial charge in [-0.3, -0.25) is 0 Å². The van der Waals surface area contributed by atoms with E-state index in [2.05, 4.69) is 0 Å². The molecule has 3 aromatic carbocycles. The number of rotatable bonds is 0. The number of phenolic OH excluding ortho intramolecular Hbond substituents is 3. The van der Waals surface area contributed by atoms with Crippen LogP contribution in [0.1, 0.15) is 27.0 Å². The first-order valence-corrected chi connectivity index (χ1v) is 8.88. The molecule has 0 saturated heterocycles. The molecule has 2 aliphatic heterocycles. The Labute approximate surface area is 168 Å². The summed E-state index contributed by atoms with van der Waals surface area (Å²) in [6.45, 7) is 0. The Morgan fingerprint density at radius 1 is 0.893 bits per heavy atom. The van der Waals surface area contributed by atoms with Crippen LogP contribution in [-0.2, 0) is 10.3 Å². The van der Waals surface area contributed by atoms with Gasteiger partial charge in [0, 0.05) is 11.6 Å². The number of fused-ring (bicyclic) bond motifs is 6. The van der Waals surface area contributed by atoms with Gasteiger partial charge in [-0.2, -0.15) is 0 Å². The normalized spacial score (nSPS) is 18.9. The van der Waals surface area contributed by atoms with Crippen molar-refractivity contribution in [3.63, 3.8) is 0 Å². The first-order chi connectivity index (χ1) is 13.3. The van der Waals surface area contributed by atoms with Gasteiger partial charge in [-0.15, -0.1) is 0 Å². The molecule has 0 fully saturated rings. The first-order valence-electron chi connectivity index (χ1n) is 8.13. The number of carbonyl (C=O) groups excluding carboxylic acids is 1. The van der Waals surface area contributed by atoms with Gasteiger partial charge in [0.15, 0.2) is 28.6 Å². The highest BCUT2D eigenvalue weighted by atomic mass is 35.5. The fourth-order valence-corrected chi connectivity index (χ4v) is 4.24. The zero-order valence-electron chi connectivity index (χ0n) is 13.9. The fraction of sp³-hybridized carbons (Fsp3) is 0.0500. The number of hydrogen-bond donors (Lipinski definition) is 3. The second-order valence-corrected chi connectivity index (χ2v) is 7.24. The summed E-state index contributed by atoms with van der Waals surface area (Å²) in [6, 6.07) is 10.6. The van der Waals surface area contributed by atoms with E-state index in [4.69, 9.17) is 32.7 Å². The van der Waals surface area contributed by atoms with Gasteiger partial charge < -0.3 is 24.8 Å². The lowest BCUT2D eigenvalue weighted by atomic mass is 9.77. The third kappa shape index (κ3) is 1.96. The van der Waals surface area contributed by atoms with E-state index in [0.29, 0.717) is 11.1 Å². The minimum atomic E-state index is -1.53. The Morgan fingerprint density at radius 3 is 2.39 bits per heavy atom. The summed E-state index contributed by atoms with van der Waals surface area (Å²) in [4.78, 5) is 12.7. The molecule has 1 spiro atoms. The summed E-state index contributed by atoms with van der Waals surface area (Å²) >= 11 is 12.4. The molecule has 8 heteroatoms. The van der Waals surface area contributed by atoms with Crippen molar-refractivity contribution in [3.8, 4) is 28.7 Å². The van der Waals surface area contributed by atoms with Crippen LogP contribution in [0.2, 0.25) is 10.0 Å². The van der Waals surface area contributed by atoms with Crippen molar-refractivity contribution in [3.05, 3.63) is 74.8 Å². The summed E-state index contributed by atoms with van der Waals surface area (Å²) in [6.07, 6.45) is 0. The number of halogens is 2. The lowest BCUT2D eigenvalue weighted by molar-refractivity contribution is 0.0223. The number of phenols is 3. The number of esters is 1. The Bertz CT molecular complexity index is 1210. The van der Waals surface area contributed by atoms with Gasteiger partial charge in [0.2, 0.25) is 0 Å². The molecule has 6 nitrogen and oxygen atoms in total. The minimum absolute atomic E-state index is 0.0330. The van der Waals surface area contributed by atoms with E-state index in [0.717, 1.165) is 0 Å². The average Bonchev–Trinajstić information content (AvgIpc) is 2.97. The number of hydrogen-bond acceptors (Lipinski definition) is 6. The van der Waals surface area contributed by atoms with Crippen molar-refractivity contribution in [1.82, 2.24) is 0 Å². The molecule has 1 atom stereocenters. The van der Waals surface area contributed by atoms with Gasteiger partial charge in [-0.1, -0.05) is 41.4 Å². The van der Waals surface area contributed by atoms with E-state index in [1.807, 2.05) is 0 Å². The van der Waals surface area contributed by atoms with E-state index in [1.54, 1.807) is 24.3 Å². The Kier molecular flexibility index (Phi) is 3.33. The average molecular weight is 417 g/mol. The van der Waals surface area contributed by atoms with Crippen LogP contribution >= 0.6 is 23.2 Å². The van der Waals surface area contributed by atoms with Crippen molar-refractivity contribution in [2.45, 2.75) is 5.60 Å². The molecule has 0 aromatic heterocycles. The highest BCUT2D eigenvalue weighted by Crippen LogP contribution is 2.60. The molecule has 5 rings (SSSR count). The molecule has 0 radical (unpaired) electrons. The SMILES string of the molecule is O=C1OC2(c3cc(O)c(O)cc3Oc3c2cc(Cl)c(O)c3Cl)c2ccccc21. The van der Waals surface area contributed by atoms with Crippen LogP contribution in [0.25, 0.3) is 0 Å². The van der Waals surface area contributed by atoms with Gasteiger partial charge >= 0.3 is 5.97 Å². The van der Waals surface area contributed by atoms with Crippen molar-refractivity contribution < 1.29 is 29.6 Å². The molecule has 140 valence electrons. The molecule has 0 saturated carbocycles. The maximum atomic E-state index is 12.7. The van der Waals surface area contributed by atoms with Crippen LogP contribution in [0.4, 0.5) is 0 Å². The molecule has 1 unspecified atom stereocenters. The second kappa shape index (κ2) is 5.47. The van der Waals surface area contributed by atoms with E-state index in [9.17, 15) is 20.1 Å². The highest BCUT2D eigenvalue weighted by Gasteiger charge is 2.54. The molecular weight excluding hydrogens is 407 g/mol. The predicted molar refractivity (Wildman–Crippen MR) is 99.7 cm³/mol. The van der Waals surface area contributed by atoms with E-state index in [1.165, 1.54) is 18.2 Å². The third-order valence-electron chi connectivity index (χ3n) is 4.97. The summed E-state index contributed by atoms with van der Waals surface area (Å²) in [5, 5.41) is 29.9. The van der Waals surface area contributed by atoms with E-state index >= 15 is 0 Å². The van der Waals surface area contributed by atoms with Crippen molar-refractivity contribution in [1.29, 1.82) is 0 Å². The molecule has 0 bridgehead atoms. The quantitative estimate of drug-likeness (QED) is 0.363. The Morgan fingerprint density at radius 2 is 1.61 bits per heavy atom. The van der Waals surface area contributed by atoms with Crippen molar-refractivity contribution >= 4 is 29.2 Å². The fourth-order valence-electron chi connectivity index (χ4n) is 3.74. The highest BCUT2D eigenvalue weighted by molar-refractivity contribution is 6.38. The summed E-state index contributed by atoms with van der Waals surface area (Å²) in [5.41, 5.74) is -0.131. The maximum Gasteiger partial charge on any atom is 0.340 e. The van der Waals surface area contributed by atoms with Crippen LogP contribution in [0.3, 0.4) is 0 Å². The first kappa shape index (κ1) is 17.0. The number of benzene rings is 3. The molecule has 28 heavy (non-hydrogen) atoms. The zero-order valence-corrected chi connectivity index (χ0v) is 15.4. The van der Waals surface area contributed by atoms with Crippen LogP contribution in [0, 0.1) is 0 Å². The largest absolute Gasteiger partial charge is 0.505 e. The summed E-state index contributed by atoms with van der Waals surface area (Å²) < 4.78 is 11.7. The number of ether oxygens (including phenoxy) is 2. The van der Waals surface area contributed by atoms with Gasteiger partial charge in [-0.05, 0) is 18.2 Å². The lowest BCUT2D eigenvalue weighted by Crippen LogP contribution is -2.33. The third-order valence-corrected chi connectivity index (χ3v) is 5.61. The smallest absolute Gasteiger partial charge is 0.340 e. The predicted octanol–water partition coefficient (Wildman–Crippen LogP) is 4.68. The molecule has 2 heterocycles. The van der Waals surface area contributed by atoms with Crippen LogP contribution in [0.15, 0.2) is 42.5 Å². The molecule has 0 amide bonds. The van der Waals surface area contributed by atoms with Crippen LogP contribution < -0.4 is 4.74 Å². The Balaban J connectivity index is 1.96. The van der Waals surface area contributed by atoms with Crippen molar-refractivity contribution in [2.24, 2.45) is 0 Å². The summed E-state index contributed by atoms with van der Waals surface area (Å²) in [5.74, 6) is -1.67. The summed E-state index contributed by atoms with van der Waals surface area (Å²) in [7, 11) is 0. The van der Waals surface area contributed by atoms with Crippen LogP contribution in [0.5, 0.6) is 28.7 Å². The monoisotopic (exact) mass is 416 g/mol. The second-order valence-electron chi connectivity index (χ2n) is 6.45. The number of carbonyl (C=O) groups is 1. The van der Waals surface area contributed by atoms with E-state index in [-0.39, 0.29) is 38.4 Å². The zero-order chi connectivity index (χ0) is 19.8. The van der Waals surface area contributed by atoms with Gasteiger partial charge in [0.25, 0.3) is 0 Å². The van der Waals surface area contributed by atoms with E-state index < -0.39 is 23.1 Å². The number of aromatic hydroxyl groups is 3.